The fourth-order valence-corrected chi connectivity index (χ4v) is 3.61. The van der Waals surface area contributed by atoms with Gasteiger partial charge in [-0.1, -0.05) is 30.3 Å². The summed E-state index contributed by atoms with van der Waals surface area (Å²) in [7, 11) is -4.95. The van der Waals surface area contributed by atoms with E-state index in [1.54, 1.807) is 38.1 Å². The number of hydrogen-bond acceptors (Lipinski definition) is 6. The van der Waals surface area contributed by atoms with Crippen LogP contribution in [-0.4, -0.2) is 30.1 Å². The molecule has 0 unspecified atom stereocenters. The highest BCUT2D eigenvalue weighted by atomic mass is 32.2. The number of alkyl halides is 2. The minimum atomic E-state index is -4.95. The van der Waals surface area contributed by atoms with Crippen LogP contribution in [0.15, 0.2) is 59.5 Å². The predicted molar refractivity (Wildman–Crippen MR) is 106 cm³/mol. The quantitative estimate of drug-likeness (QED) is 0.628. The largest absolute Gasteiger partial charge is 0.424 e. The van der Waals surface area contributed by atoms with Gasteiger partial charge in [-0.25, -0.2) is 8.42 Å². The second-order valence-corrected chi connectivity index (χ2v) is 8.11. The van der Waals surface area contributed by atoms with Gasteiger partial charge in [0.25, 0.3) is 5.91 Å². The normalized spacial score (nSPS) is 11.4. The maximum Gasteiger partial charge on any atom is 0.341 e. The Balaban J connectivity index is 1.90. The highest BCUT2D eigenvalue weighted by molar-refractivity contribution is 7.91. The van der Waals surface area contributed by atoms with Crippen molar-refractivity contribution in [1.82, 2.24) is 9.97 Å². The van der Waals surface area contributed by atoms with Crippen molar-refractivity contribution in [3.8, 4) is 11.8 Å². The highest BCUT2D eigenvalue weighted by Crippen LogP contribution is 2.26. The number of aromatic nitrogens is 2. The van der Waals surface area contributed by atoms with Crippen molar-refractivity contribution in [3.05, 3.63) is 71.5 Å². The Morgan fingerprint density at radius 1 is 0.967 bits per heavy atom. The molecule has 0 aliphatic carbocycles. The first kappa shape index (κ1) is 21.3. The molecule has 0 saturated heterocycles. The summed E-state index contributed by atoms with van der Waals surface area (Å²) in [6.45, 7) is 3.20. The number of sulfone groups is 1. The summed E-state index contributed by atoms with van der Waals surface area (Å²) in [6.07, 6.45) is 0. The summed E-state index contributed by atoms with van der Waals surface area (Å²) in [5.41, 5.74) is 0.540. The fourth-order valence-electron chi connectivity index (χ4n) is 2.69. The van der Waals surface area contributed by atoms with Gasteiger partial charge < -0.3 is 10.1 Å². The van der Waals surface area contributed by atoms with Crippen molar-refractivity contribution in [2.24, 2.45) is 0 Å². The number of nitrogens with zero attached hydrogens (tertiary/aromatic N) is 2. The zero-order valence-electron chi connectivity index (χ0n) is 16.0. The molecule has 1 heterocycles. The van der Waals surface area contributed by atoms with E-state index in [9.17, 15) is 22.0 Å². The summed E-state index contributed by atoms with van der Waals surface area (Å²) < 4.78 is 55.3. The molecular formula is C20H17F2N3O4S. The number of hydrogen-bond donors (Lipinski definition) is 1. The Labute approximate surface area is 171 Å². The van der Waals surface area contributed by atoms with Gasteiger partial charge in [0.15, 0.2) is 0 Å². The molecule has 0 fully saturated rings. The third-order valence-corrected chi connectivity index (χ3v) is 5.55. The van der Waals surface area contributed by atoms with Crippen molar-refractivity contribution >= 4 is 21.4 Å². The molecule has 0 saturated carbocycles. The molecule has 7 nitrogen and oxygen atoms in total. The Morgan fingerprint density at radius 2 is 1.53 bits per heavy atom. The number of carbonyl (C=O) groups excluding carboxylic acids is 1. The molecule has 3 aromatic rings. The lowest BCUT2D eigenvalue weighted by atomic mass is 10.2. The van der Waals surface area contributed by atoms with Crippen LogP contribution in [0.3, 0.4) is 0 Å². The van der Waals surface area contributed by atoms with Gasteiger partial charge in [-0.05, 0) is 38.1 Å². The van der Waals surface area contributed by atoms with Crippen molar-refractivity contribution in [3.63, 3.8) is 0 Å². The molecular weight excluding hydrogens is 416 g/mol. The Kier molecular flexibility index (Phi) is 6.06. The highest BCUT2D eigenvalue weighted by Gasteiger charge is 2.31. The molecule has 1 aromatic heterocycles. The van der Waals surface area contributed by atoms with E-state index in [4.69, 9.17) is 4.74 Å². The molecule has 156 valence electrons. The number of para-hydroxylation sites is 1. The zero-order chi connectivity index (χ0) is 21.9. The van der Waals surface area contributed by atoms with Crippen molar-refractivity contribution in [1.29, 1.82) is 0 Å². The lowest BCUT2D eigenvalue weighted by molar-refractivity contribution is 0.102. The molecule has 10 heteroatoms. The molecule has 1 N–H and O–H groups in total. The van der Waals surface area contributed by atoms with Gasteiger partial charge >= 0.3 is 11.8 Å². The average Bonchev–Trinajstić information content (AvgIpc) is 2.71. The molecule has 0 bridgehead atoms. The first-order valence-corrected chi connectivity index (χ1v) is 10.3. The van der Waals surface area contributed by atoms with Gasteiger partial charge in [0.2, 0.25) is 9.84 Å². The van der Waals surface area contributed by atoms with E-state index in [0.717, 1.165) is 12.1 Å². The first-order chi connectivity index (χ1) is 14.2. The lowest BCUT2D eigenvalue weighted by Gasteiger charge is -2.14. The van der Waals surface area contributed by atoms with Gasteiger partial charge in [-0.2, -0.15) is 18.7 Å². The number of carbonyl (C=O) groups is 1. The van der Waals surface area contributed by atoms with E-state index in [1.165, 1.54) is 12.1 Å². The number of amides is 1. The molecule has 0 aliphatic rings. The summed E-state index contributed by atoms with van der Waals surface area (Å²) in [5.74, 6) is -3.99. The van der Waals surface area contributed by atoms with Crippen molar-refractivity contribution in [2.45, 2.75) is 24.5 Å². The van der Waals surface area contributed by atoms with Gasteiger partial charge in [0, 0.05) is 0 Å². The molecule has 2 aromatic carbocycles. The third kappa shape index (κ3) is 4.43. The fraction of sp³-hybridized carbons (Fsp3) is 0.150. The number of nitrogens with one attached hydrogen (secondary N) is 1. The smallest absolute Gasteiger partial charge is 0.341 e. The van der Waals surface area contributed by atoms with Crippen LogP contribution < -0.4 is 10.1 Å². The molecule has 0 atom stereocenters. The van der Waals surface area contributed by atoms with Gasteiger partial charge in [-0.15, -0.1) is 0 Å². The predicted octanol–water partition coefficient (Wildman–Crippen LogP) is 4.13. The van der Waals surface area contributed by atoms with E-state index < -0.39 is 32.0 Å². The molecule has 3 rings (SSSR count). The molecule has 0 radical (unpaired) electrons. The molecule has 0 aliphatic heterocycles. The van der Waals surface area contributed by atoms with Crippen LogP contribution in [-0.2, 0) is 9.84 Å². The number of ether oxygens (including phenoxy) is 1. The number of benzene rings is 2. The Bertz CT molecular complexity index is 1160. The maximum atomic E-state index is 13.0. The lowest BCUT2D eigenvalue weighted by Crippen LogP contribution is -2.21. The molecule has 0 spiro atoms. The van der Waals surface area contributed by atoms with Crippen LogP contribution in [0, 0.1) is 13.8 Å². The standard InChI is InChI=1S/C20H17F2N3O4S/c1-12-17(13(2)24-20(23-12)29-14-8-4-3-5-9-14)25-18(26)15-10-6-7-11-16(15)30(27,28)19(21)22/h3-11,19H,1-2H3,(H,25,26). The Hall–Kier alpha value is -3.40. The minimum Gasteiger partial charge on any atom is -0.424 e. The SMILES string of the molecule is Cc1nc(Oc2ccccc2)nc(C)c1NC(=O)c1ccccc1S(=O)(=O)C(F)F. The average molecular weight is 433 g/mol. The minimum absolute atomic E-state index is 0.0647. The van der Waals surface area contributed by atoms with E-state index in [-0.39, 0.29) is 11.7 Å². The first-order valence-electron chi connectivity index (χ1n) is 8.70. The number of anilines is 1. The van der Waals surface area contributed by atoms with Crippen LogP contribution in [0.5, 0.6) is 11.8 Å². The van der Waals surface area contributed by atoms with Crippen LogP contribution >= 0.6 is 0 Å². The summed E-state index contributed by atoms with van der Waals surface area (Å²) in [4.78, 5) is 20.3. The molecule has 30 heavy (non-hydrogen) atoms. The number of aryl methyl sites for hydroxylation is 2. The van der Waals surface area contributed by atoms with Crippen molar-refractivity contribution < 1.29 is 26.7 Å². The Morgan fingerprint density at radius 3 is 2.13 bits per heavy atom. The molecule has 1 amide bonds. The van der Waals surface area contributed by atoms with Gasteiger partial charge in [-0.3, -0.25) is 4.79 Å². The van der Waals surface area contributed by atoms with E-state index in [0.29, 0.717) is 17.1 Å². The second kappa shape index (κ2) is 8.54. The third-order valence-electron chi connectivity index (χ3n) is 4.11. The van der Waals surface area contributed by atoms with Gasteiger partial charge in [0.05, 0.1) is 27.5 Å². The van der Waals surface area contributed by atoms with E-state index in [2.05, 4.69) is 15.3 Å². The van der Waals surface area contributed by atoms with Gasteiger partial charge in [0.1, 0.15) is 5.75 Å². The maximum absolute atomic E-state index is 13.0. The van der Waals surface area contributed by atoms with Crippen LogP contribution in [0.1, 0.15) is 21.7 Å². The number of rotatable bonds is 6. The zero-order valence-corrected chi connectivity index (χ0v) is 16.8. The van der Waals surface area contributed by atoms with Crippen LogP contribution in [0.2, 0.25) is 0 Å². The number of halogens is 2. The van der Waals surface area contributed by atoms with Crippen LogP contribution in [0.25, 0.3) is 0 Å². The van der Waals surface area contributed by atoms with E-state index >= 15 is 0 Å². The second-order valence-electron chi connectivity index (χ2n) is 6.22. The topological polar surface area (TPSA) is 98.2 Å². The van der Waals surface area contributed by atoms with Crippen molar-refractivity contribution in [2.75, 3.05) is 5.32 Å². The van der Waals surface area contributed by atoms with Crippen LogP contribution in [0.4, 0.5) is 14.5 Å². The summed E-state index contributed by atoms with van der Waals surface area (Å²) in [6, 6.07) is 13.7. The summed E-state index contributed by atoms with van der Waals surface area (Å²) in [5, 5.41) is 2.51. The monoisotopic (exact) mass is 433 g/mol. The summed E-state index contributed by atoms with van der Waals surface area (Å²) >= 11 is 0. The van der Waals surface area contributed by atoms with E-state index in [1.807, 2.05) is 6.07 Å².